The predicted octanol–water partition coefficient (Wildman–Crippen LogP) is 0.630. The molecule has 2 rings (SSSR count). The van der Waals surface area contributed by atoms with Crippen LogP contribution in [0.5, 0.6) is 0 Å². The van der Waals surface area contributed by atoms with E-state index in [-0.39, 0.29) is 5.92 Å². The maximum atomic E-state index is 8.93. The zero-order chi connectivity index (χ0) is 15.4. The summed E-state index contributed by atoms with van der Waals surface area (Å²) in [6.07, 6.45) is 1.68. The van der Waals surface area contributed by atoms with Crippen LogP contribution in [-0.2, 0) is 13.6 Å². The van der Waals surface area contributed by atoms with E-state index in [4.69, 9.17) is 11.1 Å². The van der Waals surface area contributed by atoms with Crippen LogP contribution >= 0.6 is 0 Å². The van der Waals surface area contributed by atoms with Crippen LogP contribution in [0.2, 0.25) is 0 Å². The minimum atomic E-state index is -0.0301. The summed E-state index contributed by atoms with van der Waals surface area (Å²) in [6.45, 7) is 6.03. The molecule has 0 saturated carbocycles. The lowest BCUT2D eigenvalue weighted by Crippen LogP contribution is -2.28. The molecule has 112 valence electrons. The SMILES string of the molecule is CCN(Cc1nc(NN)c2cnn(C)c2n1)CC(C)C#N. The van der Waals surface area contributed by atoms with Crippen molar-refractivity contribution < 1.29 is 0 Å². The molecule has 0 aliphatic carbocycles. The monoisotopic (exact) mass is 288 g/mol. The molecule has 0 fully saturated rings. The number of nitrogens with two attached hydrogens (primary N) is 1. The van der Waals surface area contributed by atoms with Crippen LogP contribution in [0.3, 0.4) is 0 Å². The molecule has 0 radical (unpaired) electrons. The first-order valence-corrected chi connectivity index (χ1v) is 6.86. The summed E-state index contributed by atoms with van der Waals surface area (Å²) in [7, 11) is 1.83. The highest BCUT2D eigenvalue weighted by atomic mass is 15.3. The van der Waals surface area contributed by atoms with E-state index < -0.39 is 0 Å². The summed E-state index contributed by atoms with van der Waals surface area (Å²) in [6, 6.07) is 2.24. The van der Waals surface area contributed by atoms with Crippen LogP contribution in [0.15, 0.2) is 6.20 Å². The Morgan fingerprint density at radius 3 is 2.90 bits per heavy atom. The molecule has 0 spiro atoms. The van der Waals surface area contributed by atoms with Gasteiger partial charge in [0.1, 0.15) is 5.82 Å². The van der Waals surface area contributed by atoms with Gasteiger partial charge in [-0.3, -0.25) is 9.58 Å². The summed E-state index contributed by atoms with van der Waals surface area (Å²) in [5.74, 6) is 6.72. The second kappa shape index (κ2) is 6.47. The normalized spacial score (nSPS) is 12.6. The summed E-state index contributed by atoms with van der Waals surface area (Å²) < 4.78 is 1.69. The Balaban J connectivity index is 2.29. The number of anilines is 1. The zero-order valence-corrected chi connectivity index (χ0v) is 12.5. The van der Waals surface area contributed by atoms with Gasteiger partial charge in [0.25, 0.3) is 0 Å². The number of aryl methyl sites for hydroxylation is 1. The Morgan fingerprint density at radius 1 is 1.52 bits per heavy atom. The first-order valence-electron chi connectivity index (χ1n) is 6.86. The standard InChI is InChI=1S/C13H20N8/c1-4-21(7-9(2)5-14)8-11-17-12(19-15)10-6-16-20(3)13(10)18-11/h6,9H,4,7-8,15H2,1-3H3,(H,17,18,19). The minimum Gasteiger partial charge on any atom is -0.308 e. The Kier molecular flexibility index (Phi) is 4.67. The first-order chi connectivity index (χ1) is 10.1. The van der Waals surface area contributed by atoms with E-state index >= 15 is 0 Å². The van der Waals surface area contributed by atoms with Crippen molar-refractivity contribution in [3.8, 4) is 6.07 Å². The number of rotatable bonds is 6. The molecule has 3 N–H and O–H groups in total. The van der Waals surface area contributed by atoms with Gasteiger partial charge in [0, 0.05) is 13.6 Å². The van der Waals surface area contributed by atoms with E-state index in [9.17, 15) is 0 Å². The molecule has 0 saturated heterocycles. The first kappa shape index (κ1) is 15.2. The highest BCUT2D eigenvalue weighted by Gasteiger charge is 2.14. The van der Waals surface area contributed by atoms with Crippen LogP contribution in [0.4, 0.5) is 5.82 Å². The van der Waals surface area contributed by atoms with Gasteiger partial charge in [-0.25, -0.2) is 15.8 Å². The van der Waals surface area contributed by atoms with Crippen molar-refractivity contribution in [3.63, 3.8) is 0 Å². The fourth-order valence-corrected chi connectivity index (χ4v) is 2.18. The van der Waals surface area contributed by atoms with Crippen LogP contribution in [0, 0.1) is 17.2 Å². The Labute approximate surface area is 123 Å². The van der Waals surface area contributed by atoms with Gasteiger partial charge < -0.3 is 5.43 Å². The van der Waals surface area contributed by atoms with Crippen molar-refractivity contribution in [1.29, 1.82) is 5.26 Å². The molecule has 8 heteroatoms. The molecule has 1 atom stereocenters. The van der Waals surface area contributed by atoms with Gasteiger partial charge in [0.05, 0.1) is 30.1 Å². The van der Waals surface area contributed by atoms with E-state index in [0.717, 1.165) is 17.6 Å². The van der Waals surface area contributed by atoms with E-state index in [2.05, 4.69) is 38.4 Å². The molecule has 2 aromatic rings. The largest absolute Gasteiger partial charge is 0.308 e. The number of nitrogens with one attached hydrogen (secondary N) is 1. The molecule has 21 heavy (non-hydrogen) atoms. The van der Waals surface area contributed by atoms with Gasteiger partial charge in [-0.15, -0.1) is 0 Å². The lowest BCUT2D eigenvalue weighted by atomic mass is 10.2. The molecule has 8 nitrogen and oxygen atoms in total. The molecule has 0 aliphatic rings. The fraction of sp³-hybridized carbons (Fsp3) is 0.538. The van der Waals surface area contributed by atoms with E-state index in [0.29, 0.717) is 24.7 Å². The smallest absolute Gasteiger partial charge is 0.163 e. The summed E-state index contributed by atoms with van der Waals surface area (Å²) in [5, 5.41) is 13.9. The van der Waals surface area contributed by atoms with Gasteiger partial charge in [0.15, 0.2) is 11.5 Å². The van der Waals surface area contributed by atoms with Gasteiger partial charge in [-0.05, 0) is 13.5 Å². The van der Waals surface area contributed by atoms with Crippen molar-refractivity contribution in [3.05, 3.63) is 12.0 Å². The van der Waals surface area contributed by atoms with Crippen molar-refractivity contribution in [2.45, 2.75) is 20.4 Å². The molecule has 0 aliphatic heterocycles. The van der Waals surface area contributed by atoms with Gasteiger partial charge >= 0.3 is 0 Å². The Hall–Kier alpha value is -2.24. The van der Waals surface area contributed by atoms with Crippen LogP contribution in [0.25, 0.3) is 11.0 Å². The maximum absolute atomic E-state index is 8.93. The molecule has 0 bridgehead atoms. The predicted molar refractivity (Wildman–Crippen MR) is 79.8 cm³/mol. The lowest BCUT2D eigenvalue weighted by Gasteiger charge is -2.20. The number of aromatic nitrogens is 4. The molecule has 0 aromatic carbocycles. The third-order valence-corrected chi connectivity index (χ3v) is 3.34. The van der Waals surface area contributed by atoms with Crippen LogP contribution < -0.4 is 11.3 Å². The van der Waals surface area contributed by atoms with Crippen molar-refractivity contribution >= 4 is 16.9 Å². The Bertz CT molecular complexity index is 656. The second-order valence-corrected chi connectivity index (χ2v) is 5.00. The minimum absolute atomic E-state index is 0.0301. The zero-order valence-electron chi connectivity index (χ0n) is 12.5. The average molecular weight is 288 g/mol. The Morgan fingerprint density at radius 2 is 2.29 bits per heavy atom. The number of fused-ring (bicyclic) bond motifs is 1. The van der Waals surface area contributed by atoms with Crippen LogP contribution in [-0.4, -0.2) is 37.7 Å². The van der Waals surface area contributed by atoms with Crippen molar-refractivity contribution in [1.82, 2.24) is 24.6 Å². The maximum Gasteiger partial charge on any atom is 0.163 e. The molecule has 2 heterocycles. The number of nitriles is 1. The molecular weight excluding hydrogens is 268 g/mol. The molecular formula is C13H20N8. The molecule has 1 unspecified atom stereocenters. The lowest BCUT2D eigenvalue weighted by molar-refractivity contribution is 0.254. The summed E-state index contributed by atoms with van der Waals surface area (Å²) >= 11 is 0. The van der Waals surface area contributed by atoms with E-state index in [1.165, 1.54) is 0 Å². The number of hydrazine groups is 1. The topological polar surface area (TPSA) is 109 Å². The highest BCUT2D eigenvalue weighted by Crippen LogP contribution is 2.19. The van der Waals surface area contributed by atoms with Gasteiger partial charge in [-0.2, -0.15) is 10.4 Å². The van der Waals surface area contributed by atoms with Gasteiger partial charge in [0.2, 0.25) is 0 Å². The van der Waals surface area contributed by atoms with Crippen LogP contribution in [0.1, 0.15) is 19.7 Å². The third kappa shape index (κ3) is 3.26. The van der Waals surface area contributed by atoms with E-state index in [1.54, 1.807) is 10.9 Å². The van der Waals surface area contributed by atoms with E-state index in [1.807, 2.05) is 14.0 Å². The van der Waals surface area contributed by atoms with Gasteiger partial charge in [-0.1, -0.05) is 6.92 Å². The number of nitrogens with zero attached hydrogens (tertiary/aromatic N) is 6. The number of hydrogen-bond acceptors (Lipinski definition) is 7. The quantitative estimate of drug-likeness (QED) is 0.592. The fourth-order valence-electron chi connectivity index (χ4n) is 2.18. The van der Waals surface area contributed by atoms with Crippen molar-refractivity contribution in [2.75, 3.05) is 18.5 Å². The van der Waals surface area contributed by atoms with Crippen molar-refractivity contribution in [2.24, 2.45) is 18.8 Å². The number of hydrogen-bond donors (Lipinski definition) is 2. The highest BCUT2D eigenvalue weighted by molar-refractivity contribution is 5.86. The molecule has 0 amide bonds. The second-order valence-electron chi connectivity index (χ2n) is 5.00. The summed E-state index contributed by atoms with van der Waals surface area (Å²) in [4.78, 5) is 11.1. The molecule has 2 aromatic heterocycles. The summed E-state index contributed by atoms with van der Waals surface area (Å²) in [5.41, 5.74) is 3.33. The number of nitrogen functional groups attached to an aromatic ring is 1. The average Bonchev–Trinajstić information content (AvgIpc) is 2.87. The third-order valence-electron chi connectivity index (χ3n) is 3.34.